The number of rotatable bonds is 6. The number of hydrogen-bond acceptors (Lipinski definition) is 3. The summed E-state index contributed by atoms with van der Waals surface area (Å²) in [4.78, 5) is 32.3. The predicted molar refractivity (Wildman–Crippen MR) is 56.6 cm³/mol. The molecule has 90 valence electrons. The van der Waals surface area contributed by atoms with E-state index < -0.39 is 30.4 Å². The average molecular weight is 229 g/mol. The van der Waals surface area contributed by atoms with Crippen molar-refractivity contribution in [3.8, 4) is 0 Å². The van der Waals surface area contributed by atoms with E-state index in [1.165, 1.54) is 0 Å². The summed E-state index contributed by atoms with van der Waals surface area (Å²) in [7, 11) is 0. The number of carboxylic acids is 1. The number of amides is 3. The van der Waals surface area contributed by atoms with Gasteiger partial charge in [0.25, 0.3) is 0 Å². The first kappa shape index (κ1) is 13.9. The highest BCUT2D eigenvalue weighted by atomic mass is 16.4. The summed E-state index contributed by atoms with van der Waals surface area (Å²) in [6.07, 6.45) is -0.449. The molecule has 7 nitrogen and oxygen atoms in total. The highest BCUT2D eigenvalue weighted by Gasteiger charge is 2.21. The first-order chi connectivity index (χ1) is 7.32. The van der Waals surface area contributed by atoms with Gasteiger partial charge in [-0.15, -0.1) is 0 Å². The second-order valence-corrected chi connectivity index (χ2v) is 3.35. The molecule has 0 saturated carbocycles. The Balaban J connectivity index is 4.18. The second-order valence-electron chi connectivity index (χ2n) is 3.35. The van der Waals surface area contributed by atoms with Crippen LogP contribution in [0.25, 0.3) is 0 Å². The van der Waals surface area contributed by atoms with Crippen molar-refractivity contribution < 1.29 is 19.5 Å². The molecule has 0 aromatic rings. The Kier molecular flexibility index (Phi) is 5.61. The SMILES string of the molecule is C=C(C)CNC(=O)N[C@H](CC(N)=O)C(=O)O. The number of carboxylic acid groups (broad SMARTS) is 1. The quantitative estimate of drug-likeness (QED) is 0.445. The number of aliphatic carboxylic acids is 1. The number of urea groups is 1. The zero-order valence-electron chi connectivity index (χ0n) is 8.95. The molecule has 7 heteroatoms. The Morgan fingerprint density at radius 1 is 1.44 bits per heavy atom. The average Bonchev–Trinajstić information content (AvgIpc) is 2.12. The first-order valence-corrected chi connectivity index (χ1v) is 4.52. The molecule has 0 spiro atoms. The lowest BCUT2D eigenvalue weighted by molar-refractivity contribution is -0.140. The third-order valence-electron chi connectivity index (χ3n) is 1.56. The van der Waals surface area contributed by atoms with E-state index >= 15 is 0 Å². The molecule has 0 fully saturated rings. The van der Waals surface area contributed by atoms with E-state index in [0.717, 1.165) is 5.57 Å². The van der Waals surface area contributed by atoms with Gasteiger partial charge in [0.15, 0.2) is 0 Å². The molecular formula is C9H15N3O4. The van der Waals surface area contributed by atoms with Crippen LogP contribution in [0.5, 0.6) is 0 Å². The number of carbonyl (C=O) groups excluding carboxylic acids is 2. The molecule has 0 saturated heterocycles. The highest BCUT2D eigenvalue weighted by molar-refractivity contribution is 5.87. The van der Waals surface area contributed by atoms with Crippen LogP contribution < -0.4 is 16.4 Å². The van der Waals surface area contributed by atoms with Gasteiger partial charge in [0.1, 0.15) is 6.04 Å². The van der Waals surface area contributed by atoms with Crippen LogP contribution in [0.4, 0.5) is 4.79 Å². The highest BCUT2D eigenvalue weighted by Crippen LogP contribution is 1.91. The Labute approximate surface area is 92.7 Å². The van der Waals surface area contributed by atoms with Gasteiger partial charge in [-0.05, 0) is 6.92 Å². The molecular weight excluding hydrogens is 214 g/mol. The van der Waals surface area contributed by atoms with Crippen molar-refractivity contribution in [1.29, 1.82) is 0 Å². The van der Waals surface area contributed by atoms with E-state index in [9.17, 15) is 14.4 Å². The van der Waals surface area contributed by atoms with Crippen LogP contribution in [0, 0.1) is 0 Å². The van der Waals surface area contributed by atoms with Gasteiger partial charge < -0.3 is 21.5 Å². The van der Waals surface area contributed by atoms with Gasteiger partial charge in [-0.1, -0.05) is 12.2 Å². The molecule has 0 aromatic carbocycles. The smallest absolute Gasteiger partial charge is 0.326 e. The lowest BCUT2D eigenvalue weighted by Crippen LogP contribution is -2.47. The van der Waals surface area contributed by atoms with E-state index in [1.54, 1.807) is 6.92 Å². The molecule has 16 heavy (non-hydrogen) atoms. The van der Waals surface area contributed by atoms with Crippen molar-refractivity contribution in [3.63, 3.8) is 0 Å². The van der Waals surface area contributed by atoms with Crippen molar-refractivity contribution in [2.75, 3.05) is 6.54 Å². The monoisotopic (exact) mass is 229 g/mol. The molecule has 0 rings (SSSR count). The van der Waals surface area contributed by atoms with Crippen LogP contribution in [0.15, 0.2) is 12.2 Å². The topological polar surface area (TPSA) is 122 Å². The predicted octanol–water partition coefficient (Wildman–Crippen LogP) is -0.810. The third kappa shape index (κ3) is 6.41. The zero-order chi connectivity index (χ0) is 12.7. The van der Waals surface area contributed by atoms with Crippen LogP contribution >= 0.6 is 0 Å². The van der Waals surface area contributed by atoms with E-state index in [2.05, 4.69) is 17.2 Å². The standard InChI is InChI=1S/C9H15N3O4/c1-5(2)4-11-9(16)12-6(8(14)15)3-7(10)13/h6H,1,3-4H2,2H3,(H2,10,13)(H,14,15)(H2,11,12,16)/t6-/m1/s1. The van der Waals surface area contributed by atoms with Crippen molar-refractivity contribution in [1.82, 2.24) is 10.6 Å². The molecule has 0 unspecified atom stereocenters. The van der Waals surface area contributed by atoms with Crippen LogP contribution in [-0.2, 0) is 9.59 Å². The minimum Gasteiger partial charge on any atom is -0.480 e. The van der Waals surface area contributed by atoms with Gasteiger partial charge >= 0.3 is 12.0 Å². The maximum Gasteiger partial charge on any atom is 0.326 e. The van der Waals surface area contributed by atoms with Crippen molar-refractivity contribution in [2.24, 2.45) is 5.73 Å². The van der Waals surface area contributed by atoms with Crippen molar-refractivity contribution in [2.45, 2.75) is 19.4 Å². The fourth-order valence-electron chi connectivity index (χ4n) is 0.842. The van der Waals surface area contributed by atoms with E-state index in [1.807, 2.05) is 0 Å². The van der Waals surface area contributed by atoms with Gasteiger partial charge in [0.05, 0.1) is 6.42 Å². The van der Waals surface area contributed by atoms with Crippen LogP contribution in [0.2, 0.25) is 0 Å². The third-order valence-corrected chi connectivity index (χ3v) is 1.56. The van der Waals surface area contributed by atoms with Crippen molar-refractivity contribution in [3.05, 3.63) is 12.2 Å². The summed E-state index contributed by atoms with van der Waals surface area (Å²) in [5.74, 6) is -2.11. The van der Waals surface area contributed by atoms with Gasteiger partial charge in [0.2, 0.25) is 5.91 Å². The molecule has 0 aliphatic rings. The van der Waals surface area contributed by atoms with Gasteiger partial charge in [-0.25, -0.2) is 9.59 Å². The fourth-order valence-corrected chi connectivity index (χ4v) is 0.842. The van der Waals surface area contributed by atoms with Crippen LogP contribution in [0.1, 0.15) is 13.3 Å². The fraction of sp³-hybridized carbons (Fsp3) is 0.444. The molecule has 1 atom stereocenters. The Hall–Kier alpha value is -2.05. The number of hydrogen-bond donors (Lipinski definition) is 4. The summed E-state index contributed by atoms with van der Waals surface area (Å²) >= 11 is 0. The van der Waals surface area contributed by atoms with E-state index in [4.69, 9.17) is 10.8 Å². The van der Waals surface area contributed by atoms with Gasteiger partial charge in [-0.3, -0.25) is 4.79 Å². The summed E-state index contributed by atoms with van der Waals surface area (Å²) < 4.78 is 0. The normalized spacial score (nSPS) is 11.3. The Morgan fingerprint density at radius 3 is 2.38 bits per heavy atom. The molecule has 0 bridgehead atoms. The van der Waals surface area contributed by atoms with Gasteiger partial charge in [0, 0.05) is 6.54 Å². The van der Waals surface area contributed by atoms with Crippen LogP contribution in [0.3, 0.4) is 0 Å². The molecule has 0 heterocycles. The maximum absolute atomic E-state index is 11.2. The Morgan fingerprint density at radius 2 is 2.00 bits per heavy atom. The second kappa shape index (κ2) is 6.44. The lowest BCUT2D eigenvalue weighted by atomic mass is 10.2. The van der Waals surface area contributed by atoms with Gasteiger partial charge in [-0.2, -0.15) is 0 Å². The largest absolute Gasteiger partial charge is 0.480 e. The number of nitrogens with two attached hydrogens (primary N) is 1. The van der Waals surface area contributed by atoms with Crippen LogP contribution in [-0.4, -0.2) is 35.6 Å². The molecule has 5 N–H and O–H groups in total. The number of primary amides is 1. The minimum absolute atomic E-state index is 0.231. The van der Waals surface area contributed by atoms with Crippen molar-refractivity contribution >= 4 is 17.9 Å². The minimum atomic E-state index is -1.32. The first-order valence-electron chi connectivity index (χ1n) is 4.52. The molecule has 0 aliphatic carbocycles. The summed E-state index contributed by atoms with van der Waals surface area (Å²) in [6, 6.07) is -2.00. The summed E-state index contributed by atoms with van der Waals surface area (Å²) in [5.41, 5.74) is 5.56. The molecule has 0 aromatic heterocycles. The molecule has 3 amide bonds. The number of carbonyl (C=O) groups is 3. The Bertz CT molecular complexity index is 314. The van der Waals surface area contributed by atoms with E-state index in [-0.39, 0.29) is 6.54 Å². The molecule has 0 aliphatic heterocycles. The maximum atomic E-state index is 11.2. The number of nitrogens with one attached hydrogen (secondary N) is 2. The molecule has 0 radical (unpaired) electrons. The lowest BCUT2D eigenvalue weighted by Gasteiger charge is -2.13. The summed E-state index contributed by atoms with van der Waals surface area (Å²) in [6.45, 7) is 5.49. The summed E-state index contributed by atoms with van der Waals surface area (Å²) in [5, 5.41) is 13.2. The zero-order valence-corrected chi connectivity index (χ0v) is 8.95. The van der Waals surface area contributed by atoms with E-state index in [0.29, 0.717) is 0 Å².